The summed E-state index contributed by atoms with van der Waals surface area (Å²) in [6.07, 6.45) is 0. The van der Waals surface area contributed by atoms with Crippen molar-refractivity contribution >= 4 is 44.4 Å². The monoisotopic (exact) mass is 349 g/mol. The van der Waals surface area contributed by atoms with Crippen molar-refractivity contribution in [1.82, 2.24) is 9.97 Å². The van der Waals surface area contributed by atoms with Crippen LogP contribution in [-0.4, -0.2) is 28.7 Å². The van der Waals surface area contributed by atoms with Crippen molar-refractivity contribution in [2.45, 2.75) is 19.1 Å². The Balaban J connectivity index is 1.63. The van der Waals surface area contributed by atoms with Crippen molar-refractivity contribution in [2.75, 3.05) is 18.2 Å². The average Bonchev–Trinajstić information content (AvgIpc) is 3.07. The molecule has 0 aliphatic carbocycles. The highest BCUT2D eigenvalue weighted by atomic mass is 32.2. The summed E-state index contributed by atoms with van der Waals surface area (Å²) in [5.41, 5.74) is 1.67. The lowest BCUT2D eigenvalue weighted by Gasteiger charge is -1.98. The number of benzene rings is 1. The topological polar surface area (TPSA) is 77.2 Å². The van der Waals surface area contributed by atoms with Gasteiger partial charge >= 0.3 is 0 Å². The van der Waals surface area contributed by atoms with E-state index in [0.29, 0.717) is 10.4 Å². The van der Waals surface area contributed by atoms with E-state index in [4.69, 9.17) is 9.15 Å². The summed E-state index contributed by atoms with van der Waals surface area (Å²) < 4.78 is 11.6. The fourth-order valence-electron chi connectivity index (χ4n) is 1.87. The predicted octanol–water partition coefficient (Wildman–Crippen LogP) is 3.64. The van der Waals surface area contributed by atoms with Crippen molar-refractivity contribution in [3.05, 3.63) is 29.7 Å². The third kappa shape index (κ3) is 3.65. The summed E-state index contributed by atoms with van der Waals surface area (Å²) >= 11 is 2.67. The van der Waals surface area contributed by atoms with Crippen molar-refractivity contribution < 1.29 is 13.9 Å². The number of thioether (sulfide) groups is 1. The Morgan fingerprint density at radius 2 is 2.22 bits per heavy atom. The van der Waals surface area contributed by atoms with E-state index in [1.807, 2.05) is 32.0 Å². The molecular formula is C15H15N3O3S2. The molecule has 6 nitrogen and oxygen atoms in total. The van der Waals surface area contributed by atoms with E-state index >= 15 is 0 Å². The average molecular weight is 349 g/mol. The standard InChI is InChI=1S/C15H15N3O3S2/c1-8-9(2)21-15(16-8)22-7-13(19)18-14-17-11-5-4-10(20-3)6-12(11)23-14/h4-6H,7H2,1-3H3,(H,17,18,19). The zero-order valence-electron chi connectivity index (χ0n) is 12.9. The van der Waals surface area contributed by atoms with E-state index in [-0.39, 0.29) is 11.7 Å². The molecule has 0 atom stereocenters. The van der Waals surface area contributed by atoms with Crippen LogP contribution in [0.2, 0.25) is 0 Å². The van der Waals surface area contributed by atoms with Gasteiger partial charge in [0.2, 0.25) is 5.91 Å². The first-order valence-electron chi connectivity index (χ1n) is 6.86. The minimum atomic E-state index is -0.144. The molecule has 0 spiro atoms. The maximum absolute atomic E-state index is 12.0. The molecule has 0 saturated carbocycles. The number of fused-ring (bicyclic) bond motifs is 1. The minimum absolute atomic E-state index is 0.144. The highest BCUT2D eigenvalue weighted by Gasteiger charge is 2.12. The van der Waals surface area contributed by atoms with E-state index in [2.05, 4.69) is 15.3 Å². The van der Waals surface area contributed by atoms with Crippen LogP contribution in [0.15, 0.2) is 27.8 Å². The molecule has 2 heterocycles. The Morgan fingerprint density at radius 1 is 1.39 bits per heavy atom. The van der Waals surface area contributed by atoms with Gasteiger partial charge in [0, 0.05) is 0 Å². The summed E-state index contributed by atoms with van der Waals surface area (Å²) in [5, 5.41) is 3.87. The molecule has 1 N–H and O–H groups in total. The number of rotatable bonds is 5. The maximum Gasteiger partial charge on any atom is 0.256 e. The van der Waals surface area contributed by atoms with Crippen molar-refractivity contribution in [3.8, 4) is 5.75 Å². The molecular weight excluding hydrogens is 334 g/mol. The first-order valence-corrected chi connectivity index (χ1v) is 8.66. The van der Waals surface area contributed by atoms with Gasteiger partial charge in [-0.2, -0.15) is 0 Å². The van der Waals surface area contributed by atoms with E-state index in [1.165, 1.54) is 23.1 Å². The van der Waals surface area contributed by atoms with Crippen LogP contribution >= 0.6 is 23.1 Å². The minimum Gasteiger partial charge on any atom is -0.497 e. The first-order chi connectivity index (χ1) is 11.0. The second-order valence-corrected chi connectivity index (χ2v) is 6.77. The zero-order valence-corrected chi connectivity index (χ0v) is 14.5. The van der Waals surface area contributed by atoms with Crippen LogP contribution in [0.4, 0.5) is 5.13 Å². The molecule has 0 aliphatic heterocycles. The van der Waals surface area contributed by atoms with Gasteiger partial charge in [-0.25, -0.2) is 9.97 Å². The number of hydrogen-bond donors (Lipinski definition) is 1. The Morgan fingerprint density at radius 3 is 2.91 bits per heavy atom. The number of oxazole rings is 1. The van der Waals surface area contributed by atoms with Crippen molar-refractivity contribution in [3.63, 3.8) is 0 Å². The molecule has 2 aromatic heterocycles. The molecule has 23 heavy (non-hydrogen) atoms. The number of amides is 1. The third-order valence-electron chi connectivity index (χ3n) is 3.18. The molecule has 3 rings (SSSR count). The van der Waals surface area contributed by atoms with Crippen LogP contribution in [0.25, 0.3) is 10.2 Å². The number of ether oxygens (including phenoxy) is 1. The fourth-order valence-corrected chi connectivity index (χ4v) is 3.50. The van der Waals surface area contributed by atoms with E-state index in [9.17, 15) is 4.79 Å². The number of methoxy groups -OCH3 is 1. The summed E-state index contributed by atoms with van der Waals surface area (Å²) in [4.78, 5) is 20.6. The first kappa shape index (κ1) is 15.8. The molecule has 3 aromatic rings. The number of aromatic nitrogens is 2. The molecule has 0 aliphatic rings. The molecule has 1 aromatic carbocycles. The second kappa shape index (κ2) is 6.59. The Kier molecular flexibility index (Phi) is 4.53. The number of thiazole rings is 1. The van der Waals surface area contributed by atoms with Crippen LogP contribution in [0.3, 0.4) is 0 Å². The van der Waals surface area contributed by atoms with Crippen LogP contribution in [0, 0.1) is 13.8 Å². The van der Waals surface area contributed by atoms with Gasteiger partial charge in [-0.05, 0) is 32.0 Å². The zero-order chi connectivity index (χ0) is 16.4. The summed E-state index contributed by atoms with van der Waals surface area (Å²) in [7, 11) is 1.62. The van der Waals surface area contributed by atoms with Crippen molar-refractivity contribution in [2.24, 2.45) is 0 Å². The lowest BCUT2D eigenvalue weighted by molar-refractivity contribution is -0.113. The van der Waals surface area contributed by atoms with Crippen LogP contribution in [0.5, 0.6) is 5.75 Å². The second-order valence-electron chi connectivity index (χ2n) is 4.81. The summed E-state index contributed by atoms with van der Waals surface area (Å²) in [6, 6.07) is 5.61. The lowest BCUT2D eigenvalue weighted by atomic mass is 10.3. The smallest absolute Gasteiger partial charge is 0.256 e. The maximum atomic E-state index is 12.0. The van der Waals surface area contributed by atoms with Gasteiger partial charge in [0.05, 0.1) is 28.8 Å². The van der Waals surface area contributed by atoms with Gasteiger partial charge in [-0.15, -0.1) is 0 Å². The Bertz CT molecular complexity index is 837. The normalized spacial score (nSPS) is 10.9. The lowest BCUT2D eigenvalue weighted by Crippen LogP contribution is -2.13. The summed E-state index contributed by atoms with van der Waals surface area (Å²) in [6.45, 7) is 3.72. The number of carbonyl (C=O) groups excluding carboxylic acids is 1. The van der Waals surface area contributed by atoms with Gasteiger partial charge in [-0.3, -0.25) is 4.79 Å². The van der Waals surface area contributed by atoms with E-state index in [1.54, 1.807) is 7.11 Å². The number of hydrogen-bond acceptors (Lipinski definition) is 7. The Hall–Kier alpha value is -2.06. The van der Waals surface area contributed by atoms with Crippen LogP contribution < -0.4 is 10.1 Å². The number of aryl methyl sites for hydroxylation is 2. The van der Waals surface area contributed by atoms with Gasteiger partial charge in [0.15, 0.2) is 5.13 Å². The fraction of sp³-hybridized carbons (Fsp3) is 0.267. The van der Waals surface area contributed by atoms with Gasteiger partial charge in [-0.1, -0.05) is 23.1 Å². The number of anilines is 1. The van der Waals surface area contributed by atoms with Crippen molar-refractivity contribution in [1.29, 1.82) is 0 Å². The molecule has 0 fully saturated rings. The van der Waals surface area contributed by atoms with Gasteiger partial charge < -0.3 is 14.5 Å². The molecule has 0 radical (unpaired) electrons. The van der Waals surface area contributed by atoms with Gasteiger partial charge in [0.1, 0.15) is 11.5 Å². The Labute approximate surface area is 141 Å². The largest absolute Gasteiger partial charge is 0.497 e. The van der Waals surface area contributed by atoms with E-state index in [0.717, 1.165) is 27.4 Å². The van der Waals surface area contributed by atoms with Crippen LogP contribution in [0.1, 0.15) is 11.5 Å². The molecule has 120 valence electrons. The SMILES string of the molecule is COc1ccc2nc(NC(=O)CSc3nc(C)c(C)o3)sc2c1. The molecule has 8 heteroatoms. The van der Waals surface area contributed by atoms with Crippen LogP contribution in [-0.2, 0) is 4.79 Å². The molecule has 0 saturated heterocycles. The highest BCUT2D eigenvalue weighted by molar-refractivity contribution is 7.99. The van der Waals surface area contributed by atoms with E-state index < -0.39 is 0 Å². The quantitative estimate of drug-likeness (QED) is 0.709. The third-order valence-corrected chi connectivity index (χ3v) is 4.94. The number of carbonyl (C=O) groups is 1. The number of nitrogens with zero attached hydrogens (tertiary/aromatic N) is 2. The molecule has 0 unspecified atom stereocenters. The summed E-state index contributed by atoms with van der Waals surface area (Å²) in [5.74, 6) is 1.62. The predicted molar refractivity (Wildman–Crippen MR) is 91.5 cm³/mol. The molecule has 1 amide bonds. The molecule has 0 bridgehead atoms. The highest BCUT2D eigenvalue weighted by Crippen LogP contribution is 2.29. The van der Waals surface area contributed by atoms with Gasteiger partial charge in [0.25, 0.3) is 5.22 Å². The number of nitrogens with one attached hydrogen (secondary N) is 1.